The van der Waals surface area contributed by atoms with Crippen molar-refractivity contribution in [2.45, 2.75) is 17.5 Å². The maximum absolute atomic E-state index is 12.8. The maximum atomic E-state index is 12.8. The van der Waals surface area contributed by atoms with Crippen molar-refractivity contribution in [2.24, 2.45) is 0 Å². The van der Waals surface area contributed by atoms with Crippen LogP contribution in [0.3, 0.4) is 0 Å². The maximum Gasteiger partial charge on any atom is 0.269 e. The molecule has 2 aromatic carbocycles. The van der Waals surface area contributed by atoms with Crippen molar-refractivity contribution in [3.63, 3.8) is 0 Å². The minimum absolute atomic E-state index is 0.0286. The summed E-state index contributed by atoms with van der Waals surface area (Å²) in [4.78, 5) is 27.4. The van der Waals surface area contributed by atoms with Crippen molar-refractivity contribution in [1.82, 2.24) is 24.6 Å². The molecule has 0 spiro atoms. The third-order valence-electron chi connectivity index (χ3n) is 5.93. The van der Waals surface area contributed by atoms with E-state index in [2.05, 4.69) is 22.1 Å². The molecule has 4 rings (SSSR count). The molecule has 35 heavy (non-hydrogen) atoms. The van der Waals surface area contributed by atoms with Crippen LogP contribution in [0.2, 0.25) is 0 Å². The Kier molecular flexibility index (Phi) is 8.11. The molecule has 0 saturated carbocycles. The van der Waals surface area contributed by atoms with Crippen molar-refractivity contribution in [3.8, 4) is 11.4 Å². The van der Waals surface area contributed by atoms with Crippen LogP contribution >= 0.6 is 11.8 Å². The molecule has 0 bridgehead atoms. The first-order valence-corrected chi connectivity index (χ1v) is 12.3. The monoisotopic (exact) mass is 496 g/mol. The number of carbonyl (C=O) groups excluding carboxylic acids is 1. The molecule has 0 aliphatic carbocycles. The number of piperazine rings is 1. The first-order valence-electron chi connectivity index (χ1n) is 11.3. The number of benzene rings is 2. The highest BCUT2D eigenvalue weighted by Gasteiger charge is 2.20. The van der Waals surface area contributed by atoms with Gasteiger partial charge in [0.15, 0.2) is 11.0 Å². The number of carbonyl (C=O) groups is 1. The molecule has 1 aromatic heterocycles. The van der Waals surface area contributed by atoms with Crippen molar-refractivity contribution in [2.75, 3.05) is 46.9 Å². The third kappa shape index (κ3) is 6.05. The highest BCUT2D eigenvalue weighted by atomic mass is 32.2. The van der Waals surface area contributed by atoms with E-state index >= 15 is 0 Å². The molecule has 0 unspecified atom stereocenters. The van der Waals surface area contributed by atoms with Crippen molar-refractivity contribution in [1.29, 1.82) is 0 Å². The van der Waals surface area contributed by atoms with E-state index in [9.17, 15) is 14.9 Å². The van der Waals surface area contributed by atoms with Crippen LogP contribution in [0.4, 0.5) is 5.69 Å². The van der Waals surface area contributed by atoms with E-state index in [4.69, 9.17) is 4.74 Å². The molecule has 1 saturated heterocycles. The number of aromatic nitrogens is 3. The number of hydrogen-bond donors (Lipinski definition) is 0. The number of hydrogen-bond acceptors (Lipinski definition) is 8. The number of nitrogens with zero attached hydrogens (tertiary/aromatic N) is 6. The third-order valence-corrected chi connectivity index (χ3v) is 6.97. The zero-order valence-electron chi connectivity index (χ0n) is 19.8. The second-order valence-electron chi connectivity index (χ2n) is 8.34. The SMILES string of the molecule is COCCn1c(SCc2ccc(C(=O)N3CCN(C)CC3)cc2)nnc1-c1ccc([N+](=O)[O-])cc1. The minimum Gasteiger partial charge on any atom is -0.383 e. The second kappa shape index (κ2) is 11.4. The van der Waals surface area contributed by atoms with Gasteiger partial charge in [-0.3, -0.25) is 19.5 Å². The van der Waals surface area contributed by atoms with Crippen LogP contribution in [0.5, 0.6) is 0 Å². The summed E-state index contributed by atoms with van der Waals surface area (Å²) in [5.74, 6) is 1.37. The predicted octanol–water partition coefficient (Wildman–Crippen LogP) is 3.18. The number of non-ortho nitro benzene ring substituents is 1. The number of thioether (sulfide) groups is 1. The summed E-state index contributed by atoms with van der Waals surface area (Å²) in [6.07, 6.45) is 0. The highest BCUT2D eigenvalue weighted by Crippen LogP contribution is 2.27. The summed E-state index contributed by atoms with van der Waals surface area (Å²) < 4.78 is 7.21. The van der Waals surface area contributed by atoms with Gasteiger partial charge in [0.05, 0.1) is 18.1 Å². The Labute approximate surface area is 208 Å². The van der Waals surface area contributed by atoms with E-state index in [1.165, 1.54) is 12.1 Å². The van der Waals surface area contributed by atoms with Crippen LogP contribution in [0.1, 0.15) is 15.9 Å². The Morgan fingerprint density at radius 2 is 1.74 bits per heavy atom. The number of methoxy groups -OCH3 is 1. The van der Waals surface area contributed by atoms with Crippen molar-refractivity contribution < 1.29 is 14.5 Å². The van der Waals surface area contributed by atoms with Gasteiger partial charge in [0.1, 0.15) is 0 Å². The summed E-state index contributed by atoms with van der Waals surface area (Å²) in [5.41, 5.74) is 2.55. The molecule has 0 radical (unpaired) electrons. The summed E-state index contributed by atoms with van der Waals surface area (Å²) in [6, 6.07) is 14.0. The van der Waals surface area contributed by atoms with Crippen LogP contribution in [0.25, 0.3) is 11.4 Å². The summed E-state index contributed by atoms with van der Waals surface area (Å²) in [5, 5.41) is 20.4. The van der Waals surface area contributed by atoms with Crippen LogP contribution in [-0.4, -0.2) is 82.3 Å². The second-order valence-corrected chi connectivity index (χ2v) is 9.28. The van der Waals surface area contributed by atoms with Gasteiger partial charge in [0.25, 0.3) is 11.6 Å². The van der Waals surface area contributed by atoms with Gasteiger partial charge in [-0.1, -0.05) is 23.9 Å². The quantitative estimate of drug-likeness (QED) is 0.253. The van der Waals surface area contributed by atoms with E-state index in [1.54, 1.807) is 31.0 Å². The average molecular weight is 497 g/mol. The molecule has 0 N–H and O–H groups in total. The number of ether oxygens (including phenoxy) is 1. The number of rotatable bonds is 9. The Morgan fingerprint density at radius 3 is 2.37 bits per heavy atom. The molecule has 1 fully saturated rings. The summed E-state index contributed by atoms with van der Waals surface area (Å²) >= 11 is 1.54. The molecule has 184 valence electrons. The van der Waals surface area contributed by atoms with Crippen LogP contribution in [-0.2, 0) is 17.0 Å². The first kappa shape index (κ1) is 24.8. The Balaban J connectivity index is 1.44. The molecule has 1 aliphatic heterocycles. The molecule has 2 heterocycles. The summed E-state index contributed by atoms with van der Waals surface area (Å²) in [7, 11) is 3.70. The smallest absolute Gasteiger partial charge is 0.269 e. The first-order chi connectivity index (χ1) is 17.0. The van der Waals surface area contributed by atoms with E-state index in [0.717, 1.165) is 42.5 Å². The lowest BCUT2D eigenvalue weighted by atomic mass is 10.1. The fourth-order valence-electron chi connectivity index (χ4n) is 3.81. The predicted molar refractivity (Wildman–Crippen MR) is 133 cm³/mol. The molecule has 11 heteroatoms. The van der Waals surface area contributed by atoms with E-state index in [0.29, 0.717) is 30.3 Å². The van der Waals surface area contributed by atoms with E-state index in [1.807, 2.05) is 33.7 Å². The fraction of sp³-hybridized carbons (Fsp3) is 0.375. The van der Waals surface area contributed by atoms with Crippen LogP contribution < -0.4 is 0 Å². The van der Waals surface area contributed by atoms with Gasteiger partial charge in [-0.25, -0.2) is 0 Å². The van der Waals surface area contributed by atoms with Crippen molar-refractivity contribution >= 4 is 23.4 Å². The van der Waals surface area contributed by atoms with Gasteiger partial charge in [-0.15, -0.1) is 10.2 Å². The fourth-order valence-corrected chi connectivity index (χ4v) is 4.73. The lowest BCUT2D eigenvalue weighted by molar-refractivity contribution is -0.384. The van der Waals surface area contributed by atoms with Crippen LogP contribution in [0.15, 0.2) is 53.7 Å². The van der Waals surface area contributed by atoms with Crippen LogP contribution in [0, 0.1) is 10.1 Å². The molecule has 0 atom stereocenters. The largest absolute Gasteiger partial charge is 0.383 e. The lowest BCUT2D eigenvalue weighted by Gasteiger charge is -2.32. The zero-order chi connectivity index (χ0) is 24.8. The van der Waals surface area contributed by atoms with E-state index in [-0.39, 0.29) is 11.6 Å². The normalized spacial score (nSPS) is 14.3. The zero-order valence-corrected chi connectivity index (χ0v) is 20.6. The minimum atomic E-state index is -0.426. The molecular formula is C24H28N6O4S. The van der Waals surface area contributed by atoms with E-state index < -0.39 is 4.92 Å². The number of nitro benzene ring substituents is 1. The van der Waals surface area contributed by atoms with Gasteiger partial charge in [0, 0.05) is 62.3 Å². The Bertz CT molecular complexity index is 1160. The topological polar surface area (TPSA) is 107 Å². The Morgan fingerprint density at radius 1 is 1.06 bits per heavy atom. The summed E-state index contributed by atoms with van der Waals surface area (Å²) in [6.45, 7) is 4.33. The number of nitro groups is 1. The van der Waals surface area contributed by atoms with Gasteiger partial charge < -0.3 is 14.5 Å². The lowest BCUT2D eigenvalue weighted by Crippen LogP contribution is -2.47. The number of likely N-dealkylation sites (N-methyl/N-ethyl adjacent to an activating group) is 1. The van der Waals surface area contributed by atoms with Gasteiger partial charge in [0.2, 0.25) is 0 Å². The molecule has 1 amide bonds. The van der Waals surface area contributed by atoms with Gasteiger partial charge >= 0.3 is 0 Å². The molecule has 1 aliphatic rings. The average Bonchev–Trinajstić information content (AvgIpc) is 3.29. The van der Waals surface area contributed by atoms with Crippen molar-refractivity contribution in [3.05, 3.63) is 69.8 Å². The highest BCUT2D eigenvalue weighted by molar-refractivity contribution is 7.98. The standard InChI is InChI=1S/C24H28N6O4S/c1-27-11-13-28(14-12-27)23(31)20-5-3-18(4-6-20)17-35-24-26-25-22(29(24)15-16-34-2)19-7-9-21(10-8-19)30(32)33/h3-10H,11-17H2,1-2H3. The molecule has 10 nitrogen and oxygen atoms in total. The number of amides is 1. The van der Waals surface area contributed by atoms with Gasteiger partial charge in [-0.2, -0.15) is 0 Å². The van der Waals surface area contributed by atoms with Gasteiger partial charge in [-0.05, 0) is 36.9 Å². The molecular weight excluding hydrogens is 468 g/mol. The molecule has 3 aromatic rings. The Hall–Kier alpha value is -3.28.